The molecular weight excluding hydrogens is 206 g/mol. The number of carboxylic acid groups (broad SMARTS) is 1. The molecule has 2 aromatic heterocycles. The first-order valence-corrected chi connectivity index (χ1v) is 4.69. The lowest BCUT2D eigenvalue weighted by atomic mass is 10.2. The van der Waals surface area contributed by atoms with Gasteiger partial charge in [0.2, 0.25) is 0 Å². The van der Waals surface area contributed by atoms with Gasteiger partial charge in [-0.05, 0) is 11.6 Å². The third kappa shape index (κ3) is 2.38. The Morgan fingerprint density at radius 2 is 2.00 bits per heavy atom. The van der Waals surface area contributed by atoms with Gasteiger partial charge in [0.25, 0.3) is 0 Å². The van der Waals surface area contributed by atoms with Gasteiger partial charge in [-0.15, -0.1) is 0 Å². The van der Waals surface area contributed by atoms with Crippen LogP contribution in [-0.2, 0) is 6.42 Å². The van der Waals surface area contributed by atoms with Crippen molar-refractivity contribution in [2.75, 3.05) is 0 Å². The Kier molecular flexibility index (Phi) is 2.86. The van der Waals surface area contributed by atoms with Crippen LogP contribution in [0, 0.1) is 0 Å². The molecule has 0 spiro atoms. The van der Waals surface area contributed by atoms with Gasteiger partial charge >= 0.3 is 5.97 Å². The van der Waals surface area contributed by atoms with Crippen molar-refractivity contribution in [1.82, 2.24) is 15.0 Å². The topological polar surface area (TPSA) is 76.0 Å². The summed E-state index contributed by atoms with van der Waals surface area (Å²) in [6.45, 7) is 0. The van der Waals surface area contributed by atoms with E-state index < -0.39 is 5.97 Å². The minimum absolute atomic E-state index is 0.0925. The molecule has 0 aromatic carbocycles. The van der Waals surface area contributed by atoms with E-state index in [1.807, 2.05) is 12.1 Å². The van der Waals surface area contributed by atoms with Crippen LogP contribution in [0.4, 0.5) is 0 Å². The number of carbonyl (C=O) groups is 1. The molecule has 1 N–H and O–H groups in total. The lowest BCUT2D eigenvalue weighted by molar-refractivity contribution is 0.0696. The molecule has 0 amide bonds. The van der Waals surface area contributed by atoms with Crippen molar-refractivity contribution in [3.05, 3.63) is 53.9 Å². The monoisotopic (exact) mass is 215 g/mol. The van der Waals surface area contributed by atoms with Crippen molar-refractivity contribution in [3.63, 3.8) is 0 Å². The highest BCUT2D eigenvalue weighted by molar-refractivity contribution is 5.86. The van der Waals surface area contributed by atoms with E-state index in [0.717, 1.165) is 5.56 Å². The van der Waals surface area contributed by atoms with Crippen LogP contribution < -0.4 is 0 Å². The highest BCUT2D eigenvalue weighted by Crippen LogP contribution is 2.03. The molecule has 16 heavy (non-hydrogen) atoms. The first kappa shape index (κ1) is 10.2. The minimum atomic E-state index is -1.02. The second-order valence-electron chi connectivity index (χ2n) is 3.23. The van der Waals surface area contributed by atoms with Crippen molar-refractivity contribution >= 4 is 5.97 Å². The van der Waals surface area contributed by atoms with Crippen LogP contribution in [0.1, 0.15) is 21.7 Å². The van der Waals surface area contributed by atoms with E-state index in [1.54, 1.807) is 12.4 Å². The maximum Gasteiger partial charge on any atom is 0.338 e. The summed E-state index contributed by atoms with van der Waals surface area (Å²) >= 11 is 0. The molecule has 0 aliphatic carbocycles. The maximum absolute atomic E-state index is 10.6. The zero-order valence-electron chi connectivity index (χ0n) is 8.37. The summed E-state index contributed by atoms with van der Waals surface area (Å²) in [7, 11) is 0. The first-order valence-electron chi connectivity index (χ1n) is 4.69. The van der Waals surface area contributed by atoms with Gasteiger partial charge in [-0.3, -0.25) is 4.98 Å². The molecule has 0 fully saturated rings. The molecule has 5 heteroatoms. The van der Waals surface area contributed by atoms with Gasteiger partial charge in [-0.25, -0.2) is 14.8 Å². The number of nitrogens with zero attached hydrogens (tertiary/aromatic N) is 3. The molecule has 0 radical (unpaired) electrons. The number of aromatic nitrogens is 3. The zero-order valence-corrected chi connectivity index (χ0v) is 8.37. The third-order valence-corrected chi connectivity index (χ3v) is 2.04. The van der Waals surface area contributed by atoms with Gasteiger partial charge < -0.3 is 5.11 Å². The number of hydrogen-bond donors (Lipinski definition) is 1. The molecule has 0 unspecified atom stereocenters. The van der Waals surface area contributed by atoms with Gasteiger partial charge in [0.15, 0.2) is 0 Å². The van der Waals surface area contributed by atoms with Gasteiger partial charge in [-0.1, -0.05) is 6.07 Å². The summed E-state index contributed by atoms with van der Waals surface area (Å²) in [6, 6.07) is 3.75. The van der Waals surface area contributed by atoms with E-state index in [2.05, 4.69) is 15.0 Å². The van der Waals surface area contributed by atoms with E-state index in [-0.39, 0.29) is 5.56 Å². The Morgan fingerprint density at radius 1 is 1.25 bits per heavy atom. The van der Waals surface area contributed by atoms with Crippen molar-refractivity contribution in [2.45, 2.75) is 6.42 Å². The van der Waals surface area contributed by atoms with E-state index in [0.29, 0.717) is 12.2 Å². The summed E-state index contributed by atoms with van der Waals surface area (Å²) in [5.74, 6) is -0.439. The van der Waals surface area contributed by atoms with Gasteiger partial charge in [-0.2, -0.15) is 0 Å². The van der Waals surface area contributed by atoms with Crippen molar-refractivity contribution < 1.29 is 9.90 Å². The van der Waals surface area contributed by atoms with E-state index in [1.165, 1.54) is 12.4 Å². The summed E-state index contributed by atoms with van der Waals surface area (Å²) in [5, 5.41) is 8.68. The van der Waals surface area contributed by atoms with Crippen molar-refractivity contribution in [3.8, 4) is 0 Å². The smallest absolute Gasteiger partial charge is 0.338 e. The highest BCUT2D eigenvalue weighted by Gasteiger charge is 2.04. The average Bonchev–Trinajstić information content (AvgIpc) is 2.31. The van der Waals surface area contributed by atoms with Crippen LogP contribution in [0.25, 0.3) is 0 Å². The van der Waals surface area contributed by atoms with Gasteiger partial charge in [0.1, 0.15) is 5.82 Å². The number of pyridine rings is 1. The fourth-order valence-electron chi connectivity index (χ4n) is 1.24. The molecule has 2 rings (SSSR count). The Bertz CT molecular complexity index is 482. The summed E-state index contributed by atoms with van der Waals surface area (Å²) in [4.78, 5) is 22.5. The Hall–Kier alpha value is -2.30. The molecule has 0 aliphatic heterocycles. The fourth-order valence-corrected chi connectivity index (χ4v) is 1.24. The summed E-state index contributed by atoms with van der Waals surface area (Å²) in [5.41, 5.74) is 1.08. The predicted octanol–water partition coefficient (Wildman–Crippen LogP) is 1.16. The predicted molar refractivity (Wildman–Crippen MR) is 56.0 cm³/mol. The molecule has 2 heterocycles. The molecule has 2 aromatic rings. The molecule has 0 saturated heterocycles. The SMILES string of the molecule is O=C(O)c1cnc(Cc2cccnc2)nc1. The average molecular weight is 215 g/mol. The molecular formula is C11H9N3O2. The quantitative estimate of drug-likeness (QED) is 0.831. The van der Waals surface area contributed by atoms with Gasteiger partial charge in [0, 0.05) is 31.2 Å². The molecule has 0 saturated carbocycles. The van der Waals surface area contributed by atoms with E-state index in [4.69, 9.17) is 5.11 Å². The fraction of sp³-hybridized carbons (Fsp3) is 0.0909. The minimum Gasteiger partial charge on any atom is -0.478 e. The summed E-state index contributed by atoms with van der Waals surface area (Å²) < 4.78 is 0. The normalized spacial score (nSPS) is 10.0. The number of carboxylic acids is 1. The lowest BCUT2D eigenvalue weighted by Crippen LogP contribution is -2.02. The maximum atomic E-state index is 10.6. The Labute approximate surface area is 91.8 Å². The Morgan fingerprint density at radius 3 is 2.56 bits per heavy atom. The number of rotatable bonds is 3. The number of aromatic carboxylic acids is 1. The zero-order chi connectivity index (χ0) is 11.4. The Balaban J connectivity index is 2.14. The second kappa shape index (κ2) is 4.48. The molecule has 80 valence electrons. The molecule has 0 atom stereocenters. The second-order valence-corrected chi connectivity index (χ2v) is 3.23. The number of hydrogen-bond acceptors (Lipinski definition) is 4. The molecule has 0 aliphatic rings. The van der Waals surface area contributed by atoms with Crippen LogP contribution in [0.15, 0.2) is 36.9 Å². The molecule has 5 nitrogen and oxygen atoms in total. The van der Waals surface area contributed by atoms with Crippen LogP contribution in [0.3, 0.4) is 0 Å². The van der Waals surface area contributed by atoms with Crippen LogP contribution in [0.2, 0.25) is 0 Å². The van der Waals surface area contributed by atoms with Crippen molar-refractivity contribution in [1.29, 1.82) is 0 Å². The van der Waals surface area contributed by atoms with Crippen LogP contribution in [0.5, 0.6) is 0 Å². The summed E-state index contributed by atoms with van der Waals surface area (Å²) in [6.07, 6.45) is 6.59. The standard InChI is InChI=1S/C11H9N3O2/c15-11(16)9-6-13-10(14-7-9)4-8-2-1-3-12-5-8/h1-3,5-7H,4H2,(H,15,16). The first-order chi connectivity index (χ1) is 7.75. The molecule has 0 bridgehead atoms. The van der Waals surface area contributed by atoms with Gasteiger partial charge in [0.05, 0.1) is 5.56 Å². The van der Waals surface area contributed by atoms with Crippen molar-refractivity contribution in [2.24, 2.45) is 0 Å². The largest absolute Gasteiger partial charge is 0.478 e. The van der Waals surface area contributed by atoms with E-state index >= 15 is 0 Å². The third-order valence-electron chi connectivity index (χ3n) is 2.04. The van der Waals surface area contributed by atoms with E-state index in [9.17, 15) is 4.79 Å². The lowest BCUT2D eigenvalue weighted by Gasteiger charge is -1.99. The van der Waals surface area contributed by atoms with Crippen LogP contribution >= 0.6 is 0 Å². The highest BCUT2D eigenvalue weighted by atomic mass is 16.4. The van der Waals surface area contributed by atoms with Crippen LogP contribution in [-0.4, -0.2) is 26.0 Å².